The van der Waals surface area contributed by atoms with Gasteiger partial charge in [-0.3, -0.25) is 10.2 Å². The molecule has 0 aliphatic carbocycles. The lowest BCUT2D eigenvalue weighted by Gasteiger charge is -2.10. The molecule has 0 aliphatic rings. The number of amides is 1. The van der Waals surface area contributed by atoms with Crippen LogP contribution in [0.15, 0.2) is 41.0 Å². The molecule has 1 aromatic rings. The Labute approximate surface area is 110 Å². The van der Waals surface area contributed by atoms with Gasteiger partial charge in [0, 0.05) is 15.7 Å². The molecular formula is C13H17BrN2O. The molecule has 0 fully saturated rings. The molecule has 0 atom stereocenters. The van der Waals surface area contributed by atoms with Gasteiger partial charge < -0.3 is 5.43 Å². The summed E-state index contributed by atoms with van der Waals surface area (Å²) in [6.45, 7) is 5.96. The first-order valence-corrected chi connectivity index (χ1v) is 6.42. The molecule has 1 rings (SSSR count). The van der Waals surface area contributed by atoms with Gasteiger partial charge in [-0.15, -0.1) is 0 Å². The monoisotopic (exact) mass is 296 g/mol. The van der Waals surface area contributed by atoms with E-state index in [9.17, 15) is 4.79 Å². The van der Waals surface area contributed by atoms with Crippen LogP contribution in [0.2, 0.25) is 0 Å². The summed E-state index contributed by atoms with van der Waals surface area (Å²) >= 11 is 3.33. The highest BCUT2D eigenvalue weighted by Crippen LogP contribution is 2.11. The average Bonchev–Trinajstić information content (AvgIpc) is 2.33. The Kier molecular flexibility index (Phi) is 5.77. The molecular weight excluding hydrogens is 280 g/mol. The third-order valence-corrected chi connectivity index (χ3v) is 2.76. The number of carbonyl (C=O) groups is 1. The molecule has 0 bridgehead atoms. The van der Waals surface area contributed by atoms with E-state index in [0.717, 1.165) is 29.4 Å². The second kappa shape index (κ2) is 7.12. The van der Waals surface area contributed by atoms with E-state index in [0.29, 0.717) is 5.56 Å². The van der Waals surface area contributed by atoms with Crippen molar-refractivity contribution in [2.24, 2.45) is 0 Å². The highest BCUT2D eigenvalue weighted by atomic mass is 79.9. The maximum atomic E-state index is 11.7. The number of hydrogen-bond acceptors (Lipinski definition) is 2. The minimum absolute atomic E-state index is 0.163. The van der Waals surface area contributed by atoms with Gasteiger partial charge in [0.2, 0.25) is 0 Å². The van der Waals surface area contributed by atoms with Crippen LogP contribution < -0.4 is 10.9 Å². The van der Waals surface area contributed by atoms with E-state index in [1.54, 1.807) is 12.1 Å². The van der Waals surface area contributed by atoms with Crippen molar-refractivity contribution in [3.63, 3.8) is 0 Å². The third-order valence-electron chi connectivity index (χ3n) is 2.27. The topological polar surface area (TPSA) is 41.1 Å². The van der Waals surface area contributed by atoms with E-state index in [4.69, 9.17) is 0 Å². The summed E-state index contributed by atoms with van der Waals surface area (Å²) in [7, 11) is 0. The predicted molar refractivity (Wildman–Crippen MR) is 73.4 cm³/mol. The number of nitrogens with one attached hydrogen (secondary N) is 2. The molecule has 0 saturated carbocycles. The molecule has 0 unspecified atom stereocenters. The summed E-state index contributed by atoms with van der Waals surface area (Å²) in [5.41, 5.74) is 6.89. The number of allylic oxidation sites excluding steroid dienone is 1. The number of carbonyl (C=O) groups excluding carboxylic acids is 1. The fourth-order valence-electron chi connectivity index (χ4n) is 1.30. The van der Waals surface area contributed by atoms with Gasteiger partial charge in [-0.25, -0.2) is 0 Å². The van der Waals surface area contributed by atoms with Crippen molar-refractivity contribution in [2.75, 3.05) is 0 Å². The Morgan fingerprint density at radius 2 is 2.18 bits per heavy atom. The van der Waals surface area contributed by atoms with Crippen LogP contribution in [0.3, 0.4) is 0 Å². The van der Waals surface area contributed by atoms with Crippen LogP contribution in [0.1, 0.15) is 36.5 Å². The number of hydrazine groups is 1. The fraction of sp³-hybridized carbons (Fsp3) is 0.308. The van der Waals surface area contributed by atoms with Crippen LogP contribution >= 0.6 is 15.9 Å². The smallest absolute Gasteiger partial charge is 0.269 e. The molecule has 0 aliphatic heterocycles. The zero-order valence-corrected chi connectivity index (χ0v) is 11.5. The Bertz CT molecular complexity index is 404. The van der Waals surface area contributed by atoms with Gasteiger partial charge in [0.1, 0.15) is 0 Å². The normalized spacial score (nSPS) is 9.76. The third kappa shape index (κ3) is 5.04. The lowest BCUT2D eigenvalue weighted by Crippen LogP contribution is -2.36. The summed E-state index contributed by atoms with van der Waals surface area (Å²) in [6.07, 6.45) is 3.05. The van der Waals surface area contributed by atoms with Gasteiger partial charge >= 0.3 is 0 Å². The molecule has 1 amide bonds. The van der Waals surface area contributed by atoms with E-state index < -0.39 is 0 Å². The quantitative estimate of drug-likeness (QED) is 0.790. The van der Waals surface area contributed by atoms with Crippen molar-refractivity contribution >= 4 is 21.8 Å². The van der Waals surface area contributed by atoms with Gasteiger partial charge in [-0.1, -0.05) is 41.9 Å². The lowest BCUT2D eigenvalue weighted by atomic mass is 10.2. The maximum Gasteiger partial charge on any atom is 0.269 e. The Balaban J connectivity index is 2.42. The maximum absolute atomic E-state index is 11.7. The molecule has 0 radical (unpaired) electrons. The molecule has 17 heavy (non-hydrogen) atoms. The Morgan fingerprint density at radius 3 is 2.82 bits per heavy atom. The van der Waals surface area contributed by atoms with Crippen molar-refractivity contribution in [3.8, 4) is 0 Å². The van der Waals surface area contributed by atoms with E-state index in [1.807, 2.05) is 12.1 Å². The second-order valence-corrected chi connectivity index (χ2v) is 4.71. The molecule has 0 aromatic heterocycles. The highest BCUT2D eigenvalue weighted by molar-refractivity contribution is 9.10. The number of unbranched alkanes of at least 4 members (excludes halogenated alkanes) is 1. The van der Waals surface area contributed by atoms with Gasteiger partial charge in [-0.2, -0.15) is 0 Å². The highest BCUT2D eigenvalue weighted by Gasteiger charge is 2.04. The van der Waals surface area contributed by atoms with Gasteiger partial charge in [0.15, 0.2) is 0 Å². The number of hydrogen-bond donors (Lipinski definition) is 2. The van der Waals surface area contributed by atoms with Crippen LogP contribution in [0, 0.1) is 0 Å². The van der Waals surface area contributed by atoms with Gasteiger partial charge in [-0.05, 0) is 31.0 Å². The Hall–Kier alpha value is -1.29. The zero-order valence-electron chi connectivity index (χ0n) is 9.92. The number of benzene rings is 1. The molecule has 1 aromatic carbocycles. The van der Waals surface area contributed by atoms with Gasteiger partial charge in [0.05, 0.1) is 0 Å². The predicted octanol–water partition coefficient (Wildman–Crippen LogP) is 3.39. The molecule has 2 N–H and O–H groups in total. The van der Waals surface area contributed by atoms with E-state index in [2.05, 4.69) is 40.3 Å². The van der Waals surface area contributed by atoms with E-state index >= 15 is 0 Å². The minimum atomic E-state index is -0.163. The summed E-state index contributed by atoms with van der Waals surface area (Å²) < 4.78 is 0.884. The molecule has 0 spiro atoms. The van der Waals surface area contributed by atoms with Crippen molar-refractivity contribution in [2.45, 2.75) is 26.2 Å². The van der Waals surface area contributed by atoms with Crippen molar-refractivity contribution in [1.82, 2.24) is 10.9 Å². The van der Waals surface area contributed by atoms with Crippen molar-refractivity contribution < 1.29 is 4.79 Å². The first kappa shape index (κ1) is 13.8. The van der Waals surface area contributed by atoms with Crippen molar-refractivity contribution in [1.29, 1.82) is 0 Å². The zero-order chi connectivity index (χ0) is 12.7. The van der Waals surface area contributed by atoms with Crippen LogP contribution in [0.25, 0.3) is 0 Å². The average molecular weight is 297 g/mol. The van der Waals surface area contributed by atoms with E-state index in [-0.39, 0.29) is 5.91 Å². The summed E-state index contributed by atoms with van der Waals surface area (Å²) in [4.78, 5) is 11.7. The molecule has 0 saturated heterocycles. The number of rotatable bonds is 6. The fourth-order valence-corrected chi connectivity index (χ4v) is 1.70. The first-order valence-electron chi connectivity index (χ1n) is 5.63. The lowest BCUT2D eigenvalue weighted by molar-refractivity contribution is 0.0938. The summed E-state index contributed by atoms with van der Waals surface area (Å²) in [5.74, 6) is -0.163. The first-order chi connectivity index (χ1) is 8.13. The van der Waals surface area contributed by atoms with Crippen LogP contribution in [-0.4, -0.2) is 5.91 Å². The molecule has 3 nitrogen and oxygen atoms in total. The Morgan fingerprint density at radius 1 is 1.41 bits per heavy atom. The minimum Gasteiger partial charge on any atom is -0.303 e. The molecule has 0 heterocycles. The number of halogens is 1. The molecule has 92 valence electrons. The van der Waals surface area contributed by atoms with Gasteiger partial charge in [0.25, 0.3) is 5.91 Å². The van der Waals surface area contributed by atoms with E-state index in [1.165, 1.54) is 0 Å². The SMILES string of the molecule is C=C(CCCC)NNC(=O)c1cccc(Br)c1. The van der Waals surface area contributed by atoms with Crippen LogP contribution in [0.5, 0.6) is 0 Å². The standard InChI is InChI=1S/C13H17BrN2O/c1-3-4-6-10(2)15-16-13(17)11-7-5-8-12(14)9-11/h5,7-9,15H,2-4,6H2,1H3,(H,16,17). The summed E-state index contributed by atoms with van der Waals surface area (Å²) in [6, 6.07) is 7.23. The summed E-state index contributed by atoms with van der Waals surface area (Å²) in [5, 5.41) is 0. The second-order valence-electron chi connectivity index (χ2n) is 3.80. The largest absolute Gasteiger partial charge is 0.303 e. The van der Waals surface area contributed by atoms with Crippen LogP contribution in [0.4, 0.5) is 0 Å². The molecule has 4 heteroatoms. The van der Waals surface area contributed by atoms with Crippen molar-refractivity contribution in [3.05, 3.63) is 46.6 Å². The van der Waals surface area contributed by atoms with Crippen LogP contribution in [-0.2, 0) is 0 Å².